The van der Waals surface area contributed by atoms with Crippen LogP contribution in [0.25, 0.3) is 0 Å². The van der Waals surface area contributed by atoms with Gasteiger partial charge in [0.25, 0.3) is 0 Å². The lowest BCUT2D eigenvalue weighted by Gasteiger charge is -2.07. The first kappa shape index (κ1) is 14.3. The average molecular weight is 290 g/mol. The molecule has 0 radical (unpaired) electrons. The highest BCUT2D eigenvalue weighted by Crippen LogP contribution is 2.34. The molecule has 0 spiro atoms. The Morgan fingerprint density at radius 1 is 1.29 bits per heavy atom. The highest BCUT2D eigenvalue weighted by atomic mass is 16.6. The summed E-state index contributed by atoms with van der Waals surface area (Å²) in [7, 11) is 1.40. The summed E-state index contributed by atoms with van der Waals surface area (Å²) in [5, 5.41) is 19.7. The quantitative estimate of drug-likeness (QED) is 0.664. The van der Waals surface area contributed by atoms with Crippen LogP contribution in [0.5, 0.6) is 17.2 Å². The molecule has 0 amide bonds. The molecule has 0 aliphatic rings. The predicted octanol–water partition coefficient (Wildman–Crippen LogP) is 2.49. The summed E-state index contributed by atoms with van der Waals surface area (Å²) in [5.74, 6) is -0.649. The van der Waals surface area contributed by atoms with Gasteiger partial charge in [0.05, 0.1) is 24.3 Å². The highest BCUT2D eigenvalue weighted by molar-refractivity contribution is 5.85. The molecule has 0 aliphatic heterocycles. The first-order valence-corrected chi connectivity index (χ1v) is 5.71. The Balaban J connectivity index is 2.30. The number of carboxylic acid groups (broad SMARTS) is 1. The van der Waals surface area contributed by atoms with Crippen molar-refractivity contribution in [2.24, 2.45) is 0 Å². The van der Waals surface area contributed by atoms with Crippen LogP contribution in [0.3, 0.4) is 0 Å². The first-order chi connectivity index (χ1) is 10.0. The minimum atomic E-state index is -1.17. The van der Waals surface area contributed by atoms with Gasteiger partial charge in [-0.25, -0.2) is 9.78 Å². The van der Waals surface area contributed by atoms with Gasteiger partial charge in [0.2, 0.25) is 5.75 Å². The second kappa shape index (κ2) is 5.87. The standard InChI is InChI=1S/C13H10N2O6/c1-20-8-3-5-12(11(6-8)15(18)19)21-9-2-4-10(13(16)17)14-7-9/h2-7H,1H3,(H,16,17). The molecule has 0 saturated heterocycles. The number of benzene rings is 1. The molecule has 1 aromatic heterocycles. The Kier molecular flexibility index (Phi) is 3.98. The van der Waals surface area contributed by atoms with Crippen LogP contribution in [0, 0.1) is 10.1 Å². The first-order valence-electron chi connectivity index (χ1n) is 5.71. The number of hydrogen-bond acceptors (Lipinski definition) is 6. The number of aromatic nitrogens is 1. The Hall–Kier alpha value is -3.16. The number of rotatable bonds is 5. The van der Waals surface area contributed by atoms with Crippen molar-refractivity contribution < 1.29 is 24.3 Å². The fraction of sp³-hybridized carbons (Fsp3) is 0.0769. The van der Waals surface area contributed by atoms with Crippen molar-refractivity contribution in [2.75, 3.05) is 7.11 Å². The van der Waals surface area contributed by atoms with Crippen LogP contribution in [0.4, 0.5) is 5.69 Å². The monoisotopic (exact) mass is 290 g/mol. The van der Waals surface area contributed by atoms with Crippen LogP contribution in [-0.4, -0.2) is 28.1 Å². The lowest BCUT2D eigenvalue weighted by molar-refractivity contribution is -0.385. The zero-order valence-electron chi connectivity index (χ0n) is 10.8. The maximum absolute atomic E-state index is 11.0. The van der Waals surface area contributed by atoms with E-state index in [2.05, 4.69) is 4.98 Å². The van der Waals surface area contributed by atoms with E-state index in [1.807, 2.05) is 0 Å². The van der Waals surface area contributed by atoms with Gasteiger partial charge in [-0.05, 0) is 24.3 Å². The fourth-order valence-electron chi connectivity index (χ4n) is 1.55. The number of ether oxygens (including phenoxy) is 2. The van der Waals surface area contributed by atoms with Crippen LogP contribution in [0.15, 0.2) is 36.5 Å². The van der Waals surface area contributed by atoms with E-state index >= 15 is 0 Å². The zero-order valence-corrected chi connectivity index (χ0v) is 10.8. The maximum atomic E-state index is 11.0. The summed E-state index contributed by atoms with van der Waals surface area (Å²) in [5.41, 5.74) is -0.414. The molecular formula is C13H10N2O6. The third-order valence-corrected chi connectivity index (χ3v) is 2.55. The number of pyridine rings is 1. The molecule has 0 aliphatic carbocycles. The van der Waals surface area contributed by atoms with Gasteiger partial charge in [-0.2, -0.15) is 0 Å². The second-order valence-electron chi connectivity index (χ2n) is 3.88. The zero-order chi connectivity index (χ0) is 15.4. The molecule has 1 heterocycles. The van der Waals surface area contributed by atoms with Gasteiger partial charge < -0.3 is 14.6 Å². The molecule has 0 bridgehead atoms. The topological polar surface area (TPSA) is 112 Å². The summed E-state index contributed by atoms with van der Waals surface area (Å²) in [4.78, 5) is 24.7. The largest absolute Gasteiger partial charge is 0.496 e. The normalized spacial score (nSPS) is 9.95. The van der Waals surface area contributed by atoms with E-state index in [1.54, 1.807) is 0 Å². The molecule has 8 heteroatoms. The Morgan fingerprint density at radius 2 is 2.00 bits per heavy atom. The molecule has 2 rings (SSSR count). The Bertz CT molecular complexity index is 684. The van der Waals surface area contributed by atoms with Crippen molar-refractivity contribution >= 4 is 11.7 Å². The molecule has 108 valence electrons. The van der Waals surface area contributed by atoms with Crippen molar-refractivity contribution in [1.29, 1.82) is 0 Å². The van der Waals surface area contributed by atoms with E-state index in [9.17, 15) is 14.9 Å². The molecule has 0 fully saturated rings. The SMILES string of the molecule is COc1ccc(Oc2ccc(C(=O)O)nc2)c([N+](=O)[O-])c1. The minimum Gasteiger partial charge on any atom is -0.496 e. The Labute approximate surface area is 118 Å². The van der Waals surface area contributed by atoms with Crippen molar-refractivity contribution in [3.05, 3.63) is 52.3 Å². The summed E-state index contributed by atoms with van der Waals surface area (Å²) in [6.45, 7) is 0. The van der Waals surface area contributed by atoms with E-state index in [4.69, 9.17) is 14.6 Å². The molecule has 2 aromatic rings. The van der Waals surface area contributed by atoms with Gasteiger partial charge in [-0.1, -0.05) is 0 Å². The molecular weight excluding hydrogens is 280 g/mol. The number of aromatic carboxylic acids is 1. The van der Waals surface area contributed by atoms with Gasteiger partial charge in [0.15, 0.2) is 0 Å². The minimum absolute atomic E-state index is 0.00525. The van der Waals surface area contributed by atoms with Gasteiger partial charge in [0.1, 0.15) is 17.2 Å². The van der Waals surface area contributed by atoms with Crippen molar-refractivity contribution in [3.8, 4) is 17.2 Å². The number of nitrogens with zero attached hydrogens (tertiary/aromatic N) is 2. The molecule has 0 saturated carbocycles. The second-order valence-corrected chi connectivity index (χ2v) is 3.88. The summed E-state index contributed by atoms with van der Waals surface area (Å²) < 4.78 is 10.3. The molecule has 0 atom stereocenters. The van der Waals surface area contributed by atoms with Gasteiger partial charge in [-0.3, -0.25) is 10.1 Å². The van der Waals surface area contributed by atoms with Gasteiger partial charge in [-0.15, -0.1) is 0 Å². The van der Waals surface area contributed by atoms with Gasteiger partial charge >= 0.3 is 11.7 Å². The summed E-state index contributed by atoms with van der Waals surface area (Å²) in [6, 6.07) is 6.75. The van der Waals surface area contributed by atoms with E-state index in [0.29, 0.717) is 5.75 Å². The van der Waals surface area contributed by atoms with Crippen molar-refractivity contribution in [1.82, 2.24) is 4.98 Å². The number of carboxylic acids is 1. The molecule has 0 unspecified atom stereocenters. The smallest absolute Gasteiger partial charge is 0.354 e. The fourth-order valence-corrected chi connectivity index (χ4v) is 1.55. The molecule has 21 heavy (non-hydrogen) atoms. The average Bonchev–Trinajstić information content (AvgIpc) is 2.48. The van der Waals surface area contributed by atoms with Gasteiger partial charge in [0, 0.05) is 0 Å². The predicted molar refractivity (Wildman–Crippen MR) is 70.9 cm³/mol. The highest BCUT2D eigenvalue weighted by Gasteiger charge is 2.17. The van der Waals surface area contributed by atoms with Crippen LogP contribution < -0.4 is 9.47 Å². The third-order valence-electron chi connectivity index (χ3n) is 2.55. The van der Waals surface area contributed by atoms with Crippen molar-refractivity contribution in [2.45, 2.75) is 0 Å². The van der Waals surface area contributed by atoms with Crippen LogP contribution in [-0.2, 0) is 0 Å². The lowest BCUT2D eigenvalue weighted by atomic mass is 10.2. The van der Waals surface area contributed by atoms with E-state index in [0.717, 1.165) is 0 Å². The van der Waals surface area contributed by atoms with E-state index in [-0.39, 0.29) is 22.9 Å². The summed E-state index contributed by atoms with van der Waals surface area (Å²) in [6.07, 6.45) is 1.18. The summed E-state index contributed by atoms with van der Waals surface area (Å²) >= 11 is 0. The lowest BCUT2D eigenvalue weighted by Crippen LogP contribution is -2.00. The number of methoxy groups -OCH3 is 1. The van der Waals surface area contributed by atoms with E-state index in [1.165, 1.54) is 43.6 Å². The molecule has 8 nitrogen and oxygen atoms in total. The number of carbonyl (C=O) groups is 1. The number of hydrogen-bond donors (Lipinski definition) is 1. The molecule has 1 N–H and O–H groups in total. The van der Waals surface area contributed by atoms with Crippen LogP contribution >= 0.6 is 0 Å². The van der Waals surface area contributed by atoms with Crippen LogP contribution in [0.1, 0.15) is 10.5 Å². The number of nitro benzene ring substituents is 1. The van der Waals surface area contributed by atoms with E-state index < -0.39 is 10.9 Å². The number of nitro groups is 1. The maximum Gasteiger partial charge on any atom is 0.354 e. The molecule has 1 aromatic carbocycles. The Morgan fingerprint density at radius 3 is 2.52 bits per heavy atom. The van der Waals surface area contributed by atoms with Crippen molar-refractivity contribution in [3.63, 3.8) is 0 Å². The van der Waals surface area contributed by atoms with Crippen LogP contribution in [0.2, 0.25) is 0 Å². The third kappa shape index (κ3) is 3.24.